The summed E-state index contributed by atoms with van der Waals surface area (Å²) in [5.74, 6) is 0.385. The van der Waals surface area contributed by atoms with Crippen molar-refractivity contribution >= 4 is 15.7 Å². The zero-order valence-corrected chi connectivity index (χ0v) is 11.8. The summed E-state index contributed by atoms with van der Waals surface area (Å²) in [6.45, 7) is 3.38. The van der Waals surface area contributed by atoms with Crippen molar-refractivity contribution in [2.75, 3.05) is 0 Å². The van der Waals surface area contributed by atoms with Gasteiger partial charge in [0.25, 0.3) is 15.7 Å². The summed E-state index contributed by atoms with van der Waals surface area (Å²) in [7, 11) is -3.88. The van der Waals surface area contributed by atoms with Crippen LogP contribution in [0.4, 0.5) is 5.69 Å². The monoisotopic (exact) mass is 295 g/mol. The molecule has 0 aliphatic rings. The number of hydrogen-bond acceptors (Lipinski definition) is 5. The maximum absolute atomic E-state index is 12.6. The highest BCUT2D eigenvalue weighted by molar-refractivity contribution is 7.90. The molecule has 0 fully saturated rings. The van der Waals surface area contributed by atoms with Gasteiger partial charge in [-0.1, -0.05) is 13.0 Å². The molecule has 0 atom stereocenters. The Morgan fingerprint density at radius 1 is 1.40 bits per heavy atom. The average molecular weight is 295 g/mol. The molecule has 106 valence electrons. The SMILES string of the molecule is CCc1nccn1S(=O)(=O)c1cc([N+](=O)[O-])ccc1C. The minimum atomic E-state index is -3.88. The summed E-state index contributed by atoms with van der Waals surface area (Å²) in [6.07, 6.45) is 3.18. The average Bonchev–Trinajstić information content (AvgIpc) is 2.87. The highest BCUT2D eigenvalue weighted by Crippen LogP contribution is 2.24. The lowest BCUT2D eigenvalue weighted by Gasteiger charge is -2.10. The third-order valence-electron chi connectivity index (χ3n) is 2.92. The molecule has 1 heterocycles. The fourth-order valence-corrected chi connectivity index (χ4v) is 3.50. The molecule has 0 amide bonds. The first kappa shape index (κ1) is 14.2. The van der Waals surface area contributed by atoms with Crippen LogP contribution >= 0.6 is 0 Å². The highest BCUT2D eigenvalue weighted by Gasteiger charge is 2.24. The highest BCUT2D eigenvalue weighted by atomic mass is 32.2. The molecule has 0 radical (unpaired) electrons. The van der Waals surface area contributed by atoms with Gasteiger partial charge in [0.15, 0.2) is 0 Å². The van der Waals surface area contributed by atoms with Crippen molar-refractivity contribution in [3.8, 4) is 0 Å². The van der Waals surface area contributed by atoms with E-state index in [-0.39, 0.29) is 10.6 Å². The summed E-state index contributed by atoms with van der Waals surface area (Å²) in [4.78, 5) is 14.1. The normalized spacial score (nSPS) is 11.5. The Labute approximate surface area is 116 Å². The first-order valence-corrected chi connectivity index (χ1v) is 7.34. The maximum Gasteiger partial charge on any atom is 0.270 e. The van der Waals surface area contributed by atoms with E-state index in [1.54, 1.807) is 13.8 Å². The van der Waals surface area contributed by atoms with Crippen molar-refractivity contribution in [2.24, 2.45) is 0 Å². The Balaban J connectivity index is 2.66. The van der Waals surface area contributed by atoms with Crippen LogP contribution in [-0.4, -0.2) is 22.3 Å². The second-order valence-electron chi connectivity index (χ2n) is 4.20. The van der Waals surface area contributed by atoms with Gasteiger partial charge < -0.3 is 0 Å². The van der Waals surface area contributed by atoms with Gasteiger partial charge in [-0.3, -0.25) is 10.1 Å². The largest absolute Gasteiger partial charge is 0.270 e. The van der Waals surface area contributed by atoms with E-state index in [0.29, 0.717) is 17.8 Å². The molecule has 0 aliphatic carbocycles. The fraction of sp³-hybridized carbons (Fsp3) is 0.250. The summed E-state index contributed by atoms with van der Waals surface area (Å²) < 4.78 is 26.2. The van der Waals surface area contributed by atoms with Crippen molar-refractivity contribution in [3.63, 3.8) is 0 Å². The molecule has 0 unspecified atom stereocenters. The zero-order valence-electron chi connectivity index (χ0n) is 11.0. The Kier molecular flexibility index (Phi) is 3.58. The van der Waals surface area contributed by atoms with Crippen LogP contribution in [0.5, 0.6) is 0 Å². The van der Waals surface area contributed by atoms with Crippen molar-refractivity contribution in [2.45, 2.75) is 25.2 Å². The molecule has 8 heteroatoms. The van der Waals surface area contributed by atoms with Gasteiger partial charge in [0.2, 0.25) is 0 Å². The number of nitro groups is 1. The molecular formula is C12H13N3O4S. The van der Waals surface area contributed by atoms with Crippen LogP contribution in [-0.2, 0) is 16.4 Å². The summed E-state index contributed by atoms with van der Waals surface area (Å²) in [5, 5.41) is 10.8. The summed E-state index contributed by atoms with van der Waals surface area (Å²) >= 11 is 0. The maximum atomic E-state index is 12.6. The standard InChI is InChI=1S/C12H13N3O4S/c1-3-12-13-6-7-14(12)20(18,19)11-8-10(15(16)17)5-4-9(11)2/h4-8H,3H2,1-2H3. The lowest BCUT2D eigenvalue weighted by Crippen LogP contribution is -2.16. The number of aromatic nitrogens is 2. The van der Waals surface area contributed by atoms with Crippen molar-refractivity contribution in [1.82, 2.24) is 8.96 Å². The molecule has 7 nitrogen and oxygen atoms in total. The third-order valence-corrected chi connectivity index (χ3v) is 4.76. The number of hydrogen-bond donors (Lipinski definition) is 0. The van der Waals surface area contributed by atoms with E-state index in [2.05, 4.69) is 4.98 Å². The van der Waals surface area contributed by atoms with Gasteiger partial charge in [-0.05, 0) is 12.5 Å². The molecule has 0 spiro atoms. The molecule has 0 saturated heterocycles. The minimum absolute atomic E-state index is 0.0839. The quantitative estimate of drug-likeness (QED) is 0.634. The predicted molar refractivity (Wildman–Crippen MR) is 72.0 cm³/mol. The van der Waals surface area contributed by atoms with Gasteiger partial charge in [-0.15, -0.1) is 0 Å². The van der Waals surface area contributed by atoms with Crippen LogP contribution in [0.25, 0.3) is 0 Å². The molecule has 1 aromatic carbocycles. The summed E-state index contributed by atoms with van der Waals surface area (Å²) in [5.41, 5.74) is 0.193. The Hall–Kier alpha value is -2.22. The molecule has 0 saturated carbocycles. The van der Waals surface area contributed by atoms with Gasteiger partial charge in [0, 0.05) is 30.9 Å². The molecule has 0 N–H and O–H groups in total. The lowest BCUT2D eigenvalue weighted by atomic mass is 10.2. The molecule has 1 aromatic heterocycles. The van der Waals surface area contributed by atoms with Crippen LogP contribution in [0.15, 0.2) is 35.5 Å². The minimum Gasteiger partial charge on any atom is -0.258 e. The van der Waals surface area contributed by atoms with E-state index in [1.165, 1.54) is 24.5 Å². The van der Waals surface area contributed by atoms with E-state index in [9.17, 15) is 18.5 Å². The van der Waals surface area contributed by atoms with E-state index in [1.807, 2.05) is 0 Å². The molecule has 2 rings (SSSR count). The van der Waals surface area contributed by atoms with Crippen LogP contribution in [0.2, 0.25) is 0 Å². The van der Waals surface area contributed by atoms with E-state index >= 15 is 0 Å². The van der Waals surface area contributed by atoms with Crippen LogP contribution in [0.1, 0.15) is 18.3 Å². The van der Waals surface area contributed by atoms with Gasteiger partial charge in [0.05, 0.1) is 9.82 Å². The number of imidazole rings is 1. The van der Waals surface area contributed by atoms with Gasteiger partial charge in [-0.2, -0.15) is 0 Å². The first-order chi connectivity index (χ1) is 9.37. The van der Waals surface area contributed by atoms with Gasteiger partial charge >= 0.3 is 0 Å². The fourth-order valence-electron chi connectivity index (χ4n) is 1.88. The number of nitro benzene ring substituents is 1. The molecule has 0 bridgehead atoms. The number of benzene rings is 1. The predicted octanol–water partition coefficient (Wildman–Crippen LogP) is 1.90. The molecule has 2 aromatic rings. The van der Waals surface area contributed by atoms with Crippen LogP contribution in [0, 0.1) is 17.0 Å². The first-order valence-electron chi connectivity index (χ1n) is 5.90. The molecule has 0 aliphatic heterocycles. The second-order valence-corrected chi connectivity index (χ2v) is 5.99. The second kappa shape index (κ2) is 5.04. The molecule has 20 heavy (non-hydrogen) atoms. The third kappa shape index (κ3) is 2.29. The topological polar surface area (TPSA) is 95.1 Å². The van der Waals surface area contributed by atoms with Crippen molar-refractivity contribution < 1.29 is 13.3 Å². The zero-order chi connectivity index (χ0) is 14.9. The van der Waals surface area contributed by atoms with Gasteiger partial charge in [-0.25, -0.2) is 17.4 Å². The number of non-ortho nitro benzene ring substituents is 1. The van der Waals surface area contributed by atoms with E-state index < -0.39 is 14.9 Å². The van der Waals surface area contributed by atoms with E-state index in [4.69, 9.17) is 0 Å². The molecular weight excluding hydrogens is 282 g/mol. The number of aryl methyl sites for hydroxylation is 2. The Bertz CT molecular complexity index is 765. The number of rotatable bonds is 4. The smallest absolute Gasteiger partial charge is 0.258 e. The summed E-state index contributed by atoms with van der Waals surface area (Å²) in [6, 6.07) is 3.78. The lowest BCUT2D eigenvalue weighted by molar-refractivity contribution is -0.385. The van der Waals surface area contributed by atoms with Crippen LogP contribution < -0.4 is 0 Å². The van der Waals surface area contributed by atoms with Crippen molar-refractivity contribution in [3.05, 3.63) is 52.1 Å². The van der Waals surface area contributed by atoms with Crippen molar-refractivity contribution in [1.29, 1.82) is 0 Å². The van der Waals surface area contributed by atoms with E-state index in [0.717, 1.165) is 10.0 Å². The Morgan fingerprint density at radius 3 is 2.70 bits per heavy atom. The number of nitrogens with zero attached hydrogens (tertiary/aromatic N) is 3. The Morgan fingerprint density at radius 2 is 2.10 bits per heavy atom. The van der Waals surface area contributed by atoms with Gasteiger partial charge in [0.1, 0.15) is 5.82 Å². The van der Waals surface area contributed by atoms with Crippen LogP contribution in [0.3, 0.4) is 0 Å².